The van der Waals surface area contributed by atoms with Crippen molar-refractivity contribution in [3.8, 4) is 0 Å². The monoisotopic (exact) mass is 374 g/mol. The van der Waals surface area contributed by atoms with E-state index in [9.17, 15) is 9.90 Å². The Hall–Kier alpha value is -2.04. The molecule has 2 unspecified atom stereocenters. The molecule has 25 heavy (non-hydrogen) atoms. The van der Waals surface area contributed by atoms with Crippen LogP contribution in [0.25, 0.3) is 10.9 Å². The normalized spacial score (nSPS) is 19.3. The van der Waals surface area contributed by atoms with Crippen LogP contribution in [-0.2, 0) is 11.3 Å². The molecule has 4 rings (SSSR count). The van der Waals surface area contributed by atoms with Crippen LogP contribution in [0.15, 0.2) is 36.4 Å². The molecule has 1 N–H and O–H groups in total. The highest BCUT2D eigenvalue weighted by Crippen LogP contribution is 2.49. The van der Waals surface area contributed by atoms with E-state index in [1.165, 1.54) is 0 Å². The average molecular weight is 375 g/mol. The van der Waals surface area contributed by atoms with Gasteiger partial charge in [-0.2, -0.15) is 5.10 Å². The number of benzene rings is 2. The first-order valence-electron chi connectivity index (χ1n) is 8.08. The summed E-state index contributed by atoms with van der Waals surface area (Å²) in [6, 6.07) is 11.6. The van der Waals surface area contributed by atoms with E-state index in [0.29, 0.717) is 23.0 Å². The molecule has 3 aromatic rings. The van der Waals surface area contributed by atoms with E-state index in [1.807, 2.05) is 35.9 Å². The quantitative estimate of drug-likeness (QED) is 0.707. The summed E-state index contributed by atoms with van der Waals surface area (Å²) in [5.41, 5.74) is 3.92. The number of aryl methyl sites for hydroxylation is 1. The fourth-order valence-electron chi connectivity index (χ4n) is 3.29. The maximum Gasteiger partial charge on any atom is 0.307 e. The first-order chi connectivity index (χ1) is 11.9. The molecule has 1 fully saturated rings. The van der Waals surface area contributed by atoms with Crippen molar-refractivity contribution in [2.75, 3.05) is 0 Å². The minimum Gasteiger partial charge on any atom is -0.481 e. The molecule has 0 aliphatic heterocycles. The number of halogens is 2. The molecule has 128 valence electrons. The molecule has 1 aromatic heterocycles. The van der Waals surface area contributed by atoms with E-state index in [0.717, 1.165) is 27.7 Å². The number of aliphatic carboxylic acids is 1. The Morgan fingerprint density at radius 3 is 2.76 bits per heavy atom. The molecule has 1 aliphatic carbocycles. The summed E-state index contributed by atoms with van der Waals surface area (Å²) in [4.78, 5) is 11.2. The Morgan fingerprint density at radius 2 is 2.08 bits per heavy atom. The summed E-state index contributed by atoms with van der Waals surface area (Å²) < 4.78 is 1.91. The van der Waals surface area contributed by atoms with E-state index in [1.54, 1.807) is 6.07 Å². The third-order valence-electron chi connectivity index (χ3n) is 4.73. The molecule has 2 aromatic carbocycles. The molecular formula is C19H16Cl2N2O2. The number of fused-ring (bicyclic) bond motifs is 1. The SMILES string of the molecule is Cc1ccc2c(C3CC3C(=O)O)nn(Cc3ccc(Cl)cc3Cl)c2c1. The number of aromatic nitrogens is 2. The standard InChI is InChI=1S/C19H16Cl2N2O2/c1-10-2-5-13-17(6-10)23(9-11-3-4-12(20)7-16(11)21)22-18(13)14-8-15(14)19(24)25/h2-7,14-15H,8-9H2,1H3,(H,24,25). The summed E-state index contributed by atoms with van der Waals surface area (Å²) in [6.07, 6.45) is 0.650. The van der Waals surface area contributed by atoms with Crippen LogP contribution in [0.1, 0.15) is 29.2 Å². The van der Waals surface area contributed by atoms with E-state index in [4.69, 9.17) is 28.3 Å². The van der Waals surface area contributed by atoms with E-state index < -0.39 is 5.97 Å². The lowest BCUT2D eigenvalue weighted by Gasteiger charge is -2.07. The summed E-state index contributed by atoms with van der Waals surface area (Å²) >= 11 is 12.3. The van der Waals surface area contributed by atoms with Crippen LogP contribution in [0.4, 0.5) is 0 Å². The largest absolute Gasteiger partial charge is 0.481 e. The van der Waals surface area contributed by atoms with E-state index >= 15 is 0 Å². The number of hydrogen-bond donors (Lipinski definition) is 1. The lowest BCUT2D eigenvalue weighted by Crippen LogP contribution is -2.04. The van der Waals surface area contributed by atoms with Gasteiger partial charge in [0.05, 0.1) is 23.7 Å². The molecule has 1 heterocycles. The van der Waals surface area contributed by atoms with Gasteiger partial charge < -0.3 is 5.11 Å². The number of hydrogen-bond acceptors (Lipinski definition) is 2. The van der Waals surface area contributed by atoms with Gasteiger partial charge in [-0.25, -0.2) is 0 Å². The zero-order chi connectivity index (χ0) is 17.7. The Balaban J connectivity index is 1.78. The number of carboxylic acid groups (broad SMARTS) is 1. The lowest BCUT2D eigenvalue weighted by atomic mass is 10.1. The summed E-state index contributed by atoms with van der Waals surface area (Å²) in [5, 5.41) is 16.2. The van der Waals surface area contributed by atoms with Gasteiger partial charge in [-0.05, 0) is 42.7 Å². The molecule has 0 radical (unpaired) electrons. The number of nitrogens with zero attached hydrogens (tertiary/aromatic N) is 2. The van der Waals surface area contributed by atoms with Crippen LogP contribution in [0.5, 0.6) is 0 Å². The van der Waals surface area contributed by atoms with Crippen molar-refractivity contribution in [2.45, 2.75) is 25.8 Å². The number of carboxylic acids is 1. The summed E-state index contributed by atoms with van der Waals surface area (Å²) in [6.45, 7) is 2.54. The van der Waals surface area contributed by atoms with Gasteiger partial charge in [0.25, 0.3) is 0 Å². The highest BCUT2D eigenvalue weighted by molar-refractivity contribution is 6.35. The van der Waals surface area contributed by atoms with Gasteiger partial charge in [0.2, 0.25) is 0 Å². The maximum absolute atomic E-state index is 11.2. The predicted molar refractivity (Wildman–Crippen MR) is 98.5 cm³/mol. The van der Waals surface area contributed by atoms with Crippen LogP contribution in [0.2, 0.25) is 10.0 Å². The van der Waals surface area contributed by atoms with Crippen molar-refractivity contribution in [3.63, 3.8) is 0 Å². The van der Waals surface area contributed by atoms with E-state index in [-0.39, 0.29) is 11.8 Å². The van der Waals surface area contributed by atoms with Crippen LogP contribution >= 0.6 is 23.2 Å². The highest BCUT2D eigenvalue weighted by Gasteiger charge is 2.46. The van der Waals surface area contributed by atoms with Crippen molar-refractivity contribution >= 4 is 40.1 Å². The zero-order valence-electron chi connectivity index (χ0n) is 13.5. The Morgan fingerprint density at radius 1 is 1.28 bits per heavy atom. The molecule has 2 atom stereocenters. The van der Waals surface area contributed by atoms with Gasteiger partial charge in [-0.1, -0.05) is 41.4 Å². The third kappa shape index (κ3) is 3.00. The van der Waals surface area contributed by atoms with Crippen molar-refractivity contribution in [1.82, 2.24) is 9.78 Å². The first-order valence-corrected chi connectivity index (χ1v) is 8.83. The molecule has 4 nitrogen and oxygen atoms in total. The minimum absolute atomic E-state index is 0.00959. The predicted octanol–water partition coefficient (Wildman–Crippen LogP) is 4.89. The molecule has 0 bridgehead atoms. The summed E-state index contributed by atoms with van der Waals surface area (Å²) in [5.74, 6) is -1.09. The number of rotatable bonds is 4. The maximum atomic E-state index is 11.2. The van der Waals surface area contributed by atoms with Gasteiger partial charge in [0.15, 0.2) is 0 Å². The Labute approximate surface area is 155 Å². The van der Waals surface area contributed by atoms with Crippen molar-refractivity contribution in [3.05, 3.63) is 63.3 Å². The molecule has 0 saturated heterocycles. The van der Waals surface area contributed by atoms with Crippen molar-refractivity contribution < 1.29 is 9.90 Å². The second-order valence-corrected chi connectivity index (χ2v) is 7.43. The fraction of sp³-hybridized carbons (Fsp3) is 0.263. The fourth-order valence-corrected chi connectivity index (χ4v) is 3.75. The second kappa shape index (κ2) is 6.04. The first kappa shape index (κ1) is 16.4. The molecule has 0 amide bonds. The molecule has 1 aliphatic rings. The van der Waals surface area contributed by atoms with Gasteiger partial charge >= 0.3 is 5.97 Å². The zero-order valence-corrected chi connectivity index (χ0v) is 15.1. The van der Waals surface area contributed by atoms with Gasteiger partial charge in [0, 0.05) is 21.3 Å². The Kier molecular flexibility index (Phi) is 3.97. The van der Waals surface area contributed by atoms with E-state index in [2.05, 4.69) is 6.07 Å². The highest BCUT2D eigenvalue weighted by atomic mass is 35.5. The molecular weight excluding hydrogens is 359 g/mol. The van der Waals surface area contributed by atoms with Crippen LogP contribution in [-0.4, -0.2) is 20.9 Å². The van der Waals surface area contributed by atoms with Gasteiger partial charge in [-0.3, -0.25) is 9.48 Å². The third-order valence-corrected chi connectivity index (χ3v) is 5.32. The van der Waals surface area contributed by atoms with Crippen LogP contribution in [0.3, 0.4) is 0 Å². The van der Waals surface area contributed by atoms with Crippen LogP contribution in [0, 0.1) is 12.8 Å². The molecule has 0 spiro atoms. The molecule has 6 heteroatoms. The smallest absolute Gasteiger partial charge is 0.307 e. The number of carbonyl (C=O) groups is 1. The van der Waals surface area contributed by atoms with Crippen molar-refractivity contribution in [2.24, 2.45) is 5.92 Å². The minimum atomic E-state index is -0.749. The van der Waals surface area contributed by atoms with Gasteiger partial charge in [0.1, 0.15) is 0 Å². The van der Waals surface area contributed by atoms with Gasteiger partial charge in [-0.15, -0.1) is 0 Å². The lowest BCUT2D eigenvalue weighted by molar-refractivity contribution is -0.138. The van der Waals surface area contributed by atoms with Crippen LogP contribution < -0.4 is 0 Å². The topological polar surface area (TPSA) is 55.1 Å². The average Bonchev–Trinajstić information content (AvgIpc) is 3.28. The molecule has 1 saturated carbocycles. The second-order valence-electron chi connectivity index (χ2n) is 6.59. The van der Waals surface area contributed by atoms with Crippen molar-refractivity contribution in [1.29, 1.82) is 0 Å². The summed E-state index contributed by atoms with van der Waals surface area (Å²) in [7, 11) is 0. The Bertz CT molecular complexity index is 996.